The molecule has 0 bridgehead atoms. The highest BCUT2D eigenvalue weighted by atomic mass is 19.1. The lowest BCUT2D eigenvalue weighted by molar-refractivity contribution is -0.214. The van der Waals surface area contributed by atoms with Gasteiger partial charge in [-0.25, -0.2) is 13.6 Å². The van der Waals surface area contributed by atoms with Gasteiger partial charge in [0.25, 0.3) is 0 Å². The van der Waals surface area contributed by atoms with Crippen molar-refractivity contribution in [1.82, 2.24) is 4.90 Å². The molecule has 0 spiro atoms. The Kier molecular flexibility index (Phi) is 9.32. The predicted octanol–water partition coefficient (Wildman–Crippen LogP) is 4.93. The first-order valence-corrected chi connectivity index (χ1v) is 15.5. The summed E-state index contributed by atoms with van der Waals surface area (Å²) in [5.74, 6) is -1.96. The molecule has 9 nitrogen and oxygen atoms in total. The normalized spacial score (nSPS) is 21.9. The van der Waals surface area contributed by atoms with Crippen molar-refractivity contribution in [2.24, 2.45) is 5.92 Å². The molecular weight excluding hydrogens is 598 g/mol. The van der Waals surface area contributed by atoms with Crippen LogP contribution in [-0.2, 0) is 30.3 Å². The van der Waals surface area contributed by atoms with Crippen LogP contribution in [0, 0.1) is 17.6 Å². The fraction of sp³-hybridized carbons (Fsp3) is 0.400. The largest absolute Gasteiger partial charge is 0.494 e. The van der Waals surface area contributed by atoms with E-state index in [1.807, 2.05) is 24.3 Å². The van der Waals surface area contributed by atoms with E-state index in [-0.39, 0.29) is 48.6 Å². The molecule has 0 aliphatic carbocycles. The van der Waals surface area contributed by atoms with Gasteiger partial charge < -0.3 is 29.1 Å². The number of amides is 2. The zero-order chi connectivity index (χ0) is 32.3. The summed E-state index contributed by atoms with van der Waals surface area (Å²) in [6.07, 6.45) is 2.85. The van der Waals surface area contributed by atoms with Crippen LogP contribution in [0.3, 0.4) is 0 Å². The molecule has 0 saturated carbocycles. The highest BCUT2D eigenvalue weighted by molar-refractivity contribution is 6.03. The number of hydrogen-bond acceptors (Lipinski definition) is 6. The van der Waals surface area contributed by atoms with Crippen LogP contribution in [0.15, 0.2) is 72.8 Å². The van der Waals surface area contributed by atoms with E-state index in [1.165, 1.54) is 29.2 Å². The molecule has 3 aliphatic rings. The van der Waals surface area contributed by atoms with Crippen LogP contribution in [0.1, 0.15) is 42.9 Å². The van der Waals surface area contributed by atoms with Gasteiger partial charge in [0.2, 0.25) is 11.8 Å². The van der Waals surface area contributed by atoms with Crippen molar-refractivity contribution < 1.29 is 42.5 Å². The molecule has 1 N–H and O–H groups in total. The number of halogens is 2. The van der Waals surface area contributed by atoms with Gasteiger partial charge in [0.05, 0.1) is 31.8 Å². The number of aryl methyl sites for hydroxylation is 1. The second-order valence-corrected chi connectivity index (χ2v) is 12.1. The zero-order valence-corrected chi connectivity index (χ0v) is 25.3. The number of anilines is 1. The van der Waals surface area contributed by atoms with E-state index in [2.05, 4.69) is 0 Å². The molecule has 0 radical (unpaired) electrons. The van der Waals surface area contributed by atoms with E-state index in [4.69, 9.17) is 14.2 Å². The molecule has 1 unspecified atom stereocenters. The number of benzene rings is 3. The third-order valence-electron chi connectivity index (χ3n) is 9.11. The van der Waals surface area contributed by atoms with Crippen LogP contribution in [0.5, 0.6) is 5.75 Å². The predicted molar refractivity (Wildman–Crippen MR) is 163 cm³/mol. The molecule has 3 heterocycles. The number of carbonyl (C=O) groups excluding carboxylic acids is 2. The minimum absolute atomic E-state index is 0.0781. The van der Waals surface area contributed by atoms with E-state index >= 15 is 0 Å². The monoisotopic (exact) mass is 634 g/mol. The molecule has 3 aliphatic heterocycles. The fourth-order valence-corrected chi connectivity index (χ4v) is 6.44. The first-order valence-electron chi connectivity index (χ1n) is 15.5. The minimum atomic E-state index is -0.993. The van der Waals surface area contributed by atoms with Crippen molar-refractivity contribution in [3.8, 4) is 5.75 Å². The van der Waals surface area contributed by atoms with Gasteiger partial charge in [0.15, 0.2) is 0 Å². The van der Waals surface area contributed by atoms with Gasteiger partial charge in [-0.15, -0.1) is 0 Å². The van der Waals surface area contributed by atoms with Crippen molar-refractivity contribution >= 4 is 23.5 Å². The van der Waals surface area contributed by atoms with Crippen LogP contribution >= 0.6 is 0 Å². The van der Waals surface area contributed by atoms with Gasteiger partial charge in [0.1, 0.15) is 35.6 Å². The van der Waals surface area contributed by atoms with E-state index < -0.39 is 17.6 Å². The molecule has 0 aromatic heterocycles. The highest BCUT2D eigenvalue weighted by Gasteiger charge is 2.48. The van der Waals surface area contributed by atoms with Crippen LogP contribution in [0.25, 0.3) is 0 Å². The number of carboxylic acid groups (broad SMARTS) is 1. The number of rotatable bonds is 13. The number of likely N-dealkylation sites (tertiary alicyclic amines) is 1. The van der Waals surface area contributed by atoms with E-state index in [0.29, 0.717) is 63.3 Å². The SMILES string of the molecule is O=C(O)[C@H]1CCCN1C(=O)COC1(CCc2ccc(C3[C@@H](CCOc4ccc(F)cc4)C(=O)N3c3ccc(F)cc3)cc2)COC1. The van der Waals surface area contributed by atoms with E-state index in [0.717, 1.165) is 11.1 Å². The molecule has 3 aromatic carbocycles. The van der Waals surface area contributed by atoms with Crippen molar-refractivity contribution in [3.05, 3.63) is 95.6 Å². The van der Waals surface area contributed by atoms with E-state index in [1.54, 1.807) is 29.2 Å². The minimum Gasteiger partial charge on any atom is -0.494 e. The maximum Gasteiger partial charge on any atom is 0.326 e. The number of carbonyl (C=O) groups is 3. The summed E-state index contributed by atoms with van der Waals surface area (Å²) < 4.78 is 44.2. The Morgan fingerprint density at radius 3 is 2.26 bits per heavy atom. The molecule has 46 heavy (non-hydrogen) atoms. The third-order valence-corrected chi connectivity index (χ3v) is 9.11. The van der Waals surface area contributed by atoms with Crippen molar-refractivity contribution in [3.63, 3.8) is 0 Å². The lowest BCUT2D eigenvalue weighted by atomic mass is 9.79. The number of ether oxygens (including phenoxy) is 3. The summed E-state index contributed by atoms with van der Waals surface area (Å²) in [5.41, 5.74) is 1.98. The maximum absolute atomic E-state index is 13.7. The Hall–Kier alpha value is -4.35. The Labute approximate surface area is 265 Å². The average molecular weight is 635 g/mol. The molecule has 242 valence electrons. The maximum atomic E-state index is 13.7. The van der Waals surface area contributed by atoms with Crippen molar-refractivity contribution in [1.29, 1.82) is 0 Å². The molecule has 3 saturated heterocycles. The van der Waals surface area contributed by atoms with E-state index in [9.17, 15) is 28.3 Å². The average Bonchev–Trinajstić information content (AvgIpc) is 3.54. The lowest BCUT2D eigenvalue weighted by Crippen LogP contribution is -2.55. The lowest BCUT2D eigenvalue weighted by Gasteiger charge is -2.47. The Morgan fingerprint density at radius 2 is 1.63 bits per heavy atom. The first kappa shape index (κ1) is 31.6. The van der Waals surface area contributed by atoms with Crippen LogP contribution in [0.4, 0.5) is 14.5 Å². The molecule has 3 aromatic rings. The van der Waals surface area contributed by atoms with Crippen LogP contribution in [0.2, 0.25) is 0 Å². The van der Waals surface area contributed by atoms with Gasteiger partial charge in [-0.1, -0.05) is 24.3 Å². The summed E-state index contributed by atoms with van der Waals surface area (Å²) >= 11 is 0. The molecule has 6 rings (SSSR count). The second-order valence-electron chi connectivity index (χ2n) is 12.1. The van der Waals surface area contributed by atoms with Gasteiger partial charge in [0, 0.05) is 12.2 Å². The Balaban J connectivity index is 1.09. The van der Waals surface area contributed by atoms with Gasteiger partial charge >= 0.3 is 5.97 Å². The van der Waals surface area contributed by atoms with Crippen LogP contribution < -0.4 is 9.64 Å². The van der Waals surface area contributed by atoms with Crippen molar-refractivity contribution in [2.45, 2.75) is 49.8 Å². The summed E-state index contributed by atoms with van der Waals surface area (Å²) in [4.78, 5) is 40.6. The number of carboxylic acids is 1. The first-order chi connectivity index (χ1) is 22.2. The highest BCUT2D eigenvalue weighted by Crippen LogP contribution is 2.45. The summed E-state index contributed by atoms with van der Waals surface area (Å²) in [5, 5.41) is 9.40. The summed E-state index contributed by atoms with van der Waals surface area (Å²) in [7, 11) is 0. The molecule has 3 fully saturated rings. The summed E-state index contributed by atoms with van der Waals surface area (Å²) in [6.45, 7) is 1.23. The topological polar surface area (TPSA) is 106 Å². The quantitative estimate of drug-likeness (QED) is 0.266. The van der Waals surface area contributed by atoms with Gasteiger partial charge in [-0.3, -0.25) is 9.59 Å². The molecule has 2 amide bonds. The standard InChI is InChI=1S/C35H36F2N2O7/c36-25-7-11-27(12-8-25)39-32(29(33(39)41)16-19-45-28-13-9-26(37)10-14-28)24-5-3-23(4-6-24)15-17-35(21-44-22-35)46-20-31(40)38-18-1-2-30(38)34(42)43/h3-14,29-30,32H,1-2,15-22H2,(H,42,43)/t29-,30-,32?/m1/s1. The summed E-state index contributed by atoms with van der Waals surface area (Å²) in [6, 6.07) is 18.5. The van der Waals surface area contributed by atoms with Gasteiger partial charge in [-0.05, 0) is 91.8 Å². The third kappa shape index (κ3) is 6.75. The number of hydrogen-bond donors (Lipinski definition) is 1. The fourth-order valence-electron chi connectivity index (χ4n) is 6.44. The van der Waals surface area contributed by atoms with Gasteiger partial charge in [-0.2, -0.15) is 0 Å². The Morgan fingerprint density at radius 1 is 0.957 bits per heavy atom. The van der Waals surface area contributed by atoms with Crippen LogP contribution in [-0.4, -0.2) is 72.4 Å². The Bertz CT molecular complexity index is 1540. The second kappa shape index (κ2) is 13.6. The molecule has 11 heteroatoms. The molecular formula is C35H36F2N2O7. The molecule has 3 atom stereocenters. The number of β-lactam (4-membered cyclic amide) rings is 1. The zero-order valence-electron chi connectivity index (χ0n) is 25.3. The number of aliphatic carboxylic acids is 1. The van der Waals surface area contributed by atoms with Crippen molar-refractivity contribution in [2.75, 3.05) is 37.9 Å². The number of nitrogens with zero attached hydrogens (tertiary/aromatic N) is 2. The smallest absolute Gasteiger partial charge is 0.326 e.